The van der Waals surface area contributed by atoms with Crippen LogP contribution >= 0.6 is 11.8 Å². The third-order valence-corrected chi connectivity index (χ3v) is 5.54. The van der Waals surface area contributed by atoms with Crippen LogP contribution < -0.4 is 0 Å². The lowest BCUT2D eigenvalue weighted by atomic mass is 10.1. The predicted molar refractivity (Wildman–Crippen MR) is 107 cm³/mol. The third-order valence-electron chi connectivity index (χ3n) is 4.80. The number of hydrogen-bond acceptors (Lipinski definition) is 6. The molecule has 0 saturated heterocycles. The standard InChI is InChI=1S/C21H18N4O2S/c1-28-17-9-7-15(8-10-17)20-22-21(27-24-20)18-11-16-13-26-19(12-25(16)23-18)14-5-3-2-4-6-14/h2-11,19H,12-13H2,1H3/t19-/m0/s1. The minimum Gasteiger partial charge on any atom is -0.365 e. The first kappa shape index (κ1) is 17.2. The Morgan fingerprint density at radius 1 is 1.07 bits per heavy atom. The van der Waals surface area contributed by atoms with Crippen molar-refractivity contribution in [3.63, 3.8) is 0 Å². The van der Waals surface area contributed by atoms with Gasteiger partial charge in [-0.25, -0.2) is 0 Å². The highest BCUT2D eigenvalue weighted by Gasteiger charge is 2.24. The molecule has 0 amide bonds. The smallest absolute Gasteiger partial charge is 0.278 e. The maximum Gasteiger partial charge on any atom is 0.278 e. The van der Waals surface area contributed by atoms with Crippen molar-refractivity contribution in [1.29, 1.82) is 0 Å². The summed E-state index contributed by atoms with van der Waals surface area (Å²) in [6.07, 6.45) is 2.04. The van der Waals surface area contributed by atoms with Gasteiger partial charge in [0.05, 0.1) is 18.8 Å². The zero-order valence-electron chi connectivity index (χ0n) is 15.3. The molecule has 0 spiro atoms. The van der Waals surface area contributed by atoms with Crippen molar-refractivity contribution in [2.24, 2.45) is 0 Å². The molecule has 0 unspecified atom stereocenters. The summed E-state index contributed by atoms with van der Waals surface area (Å²) in [5.41, 5.74) is 3.75. The van der Waals surface area contributed by atoms with Crippen LogP contribution in [-0.2, 0) is 17.9 Å². The van der Waals surface area contributed by atoms with Gasteiger partial charge in [-0.1, -0.05) is 35.5 Å². The number of fused-ring (bicyclic) bond motifs is 1. The van der Waals surface area contributed by atoms with Gasteiger partial charge < -0.3 is 9.26 Å². The van der Waals surface area contributed by atoms with Crippen molar-refractivity contribution in [2.75, 3.05) is 6.26 Å². The van der Waals surface area contributed by atoms with Crippen LogP contribution in [0.1, 0.15) is 17.4 Å². The molecule has 0 bridgehead atoms. The summed E-state index contributed by atoms with van der Waals surface area (Å²) in [5, 5.41) is 8.78. The normalized spacial score (nSPS) is 16.1. The van der Waals surface area contributed by atoms with Crippen LogP contribution in [0.2, 0.25) is 0 Å². The van der Waals surface area contributed by atoms with E-state index in [4.69, 9.17) is 9.26 Å². The molecular weight excluding hydrogens is 372 g/mol. The minimum absolute atomic E-state index is 0.00496. The van der Waals surface area contributed by atoms with E-state index in [1.54, 1.807) is 11.8 Å². The summed E-state index contributed by atoms with van der Waals surface area (Å²) in [4.78, 5) is 5.72. The summed E-state index contributed by atoms with van der Waals surface area (Å²) in [6.45, 7) is 1.17. The zero-order valence-corrected chi connectivity index (χ0v) is 16.1. The molecule has 6 nitrogen and oxygen atoms in total. The van der Waals surface area contributed by atoms with E-state index in [9.17, 15) is 0 Å². The summed E-state index contributed by atoms with van der Waals surface area (Å²) < 4.78 is 13.4. The first-order valence-corrected chi connectivity index (χ1v) is 10.2. The second-order valence-corrected chi connectivity index (χ2v) is 7.44. The van der Waals surface area contributed by atoms with Gasteiger partial charge in [0.15, 0.2) is 5.69 Å². The lowest BCUT2D eigenvalue weighted by Gasteiger charge is -2.24. The molecule has 1 atom stereocenters. The van der Waals surface area contributed by atoms with Crippen molar-refractivity contribution < 1.29 is 9.26 Å². The van der Waals surface area contributed by atoms with E-state index in [2.05, 4.69) is 27.4 Å². The number of aromatic nitrogens is 4. The molecule has 0 saturated carbocycles. The SMILES string of the molecule is CSc1ccc(-c2noc(-c3cc4n(n3)C[C@@H](c3ccccc3)OC4)n2)cc1. The molecule has 1 aliphatic heterocycles. The Kier molecular flexibility index (Phi) is 4.46. The lowest BCUT2D eigenvalue weighted by molar-refractivity contribution is -0.00113. The average molecular weight is 390 g/mol. The number of ether oxygens (including phenoxy) is 1. The van der Waals surface area contributed by atoms with Gasteiger partial charge >= 0.3 is 0 Å². The van der Waals surface area contributed by atoms with E-state index in [0.29, 0.717) is 30.6 Å². The largest absolute Gasteiger partial charge is 0.365 e. The highest BCUT2D eigenvalue weighted by molar-refractivity contribution is 7.98. The van der Waals surface area contributed by atoms with E-state index in [1.807, 2.05) is 59.5 Å². The molecule has 140 valence electrons. The fraction of sp³-hybridized carbons (Fsp3) is 0.190. The summed E-state index contributed by atoms with van der Waals surface area (Å²) >= 11 is 1.70. The van der Waals surface area contributed by atoms with E-state index < -0.39 is 0 Å². The molecule has 3 heterocycles. The van der Waals surface area contributed by atoms with Crippen molar-refractivity contribution in [1.82, 2.24) is 19.9 Å². The molecule has 2 aromatic heterocycles. The Hall–Kier alpha value is -2.90. The molecule has 0 N–H and O–H groups in total. The van der Waals surface area contributed by atoms with Gasteiger partial charge in [-0.05, 0) is 42.2 Å². The minimum atomic E-state index is -0.00496. The number of rotatable bonds is 4. The van der Waals surface area contributed by atoms with E-state index in [-0.39, 0.29) is 6.10 Å². The maximum atomic E-state index is 6.01. The van der Waals surface area contributed by atoms with Crippen molar-refractivity contribution >= 4 is 11.8 Å². The van der Waals surface area contributed by atoms with Gasteiger partial charge in [-0.3, -0.25) is 4.68 Å². The number of nitrogens with zero attached hydrogens (tertiary/aromatic N) is 4. The summed E-state index contributed by atoms with van der Waals surface area (Å²) in [7, 11) is 0. The zero-order chi connectivity index (χ0) is 18.9. The second-order valence-electron chi connectivity index (χ2n) is 6.56. The van der Waals surface area contributed by atoms with Crippen molar-refractivity contribution in [3.8, 4) is 23.0 Å². The molecule has 0 fully saturated rings. The van der Waals surface area contributed by atoms with Gasteiger partial charge in [0.25, 0.3) is 5.89 Å². The first-order chi connectivity index (χ1) is 13.8. The van der Waals surface area contributed by atoms with Crippen LogP contribution in [0.4, 0.5) is 0 Å². The molecule has 0 aliphatic carbocycles. The lowest BCUT2D eigenvalue weighted by Crippen LogP contribution is -2.21. The van der Waals surface area contributed by atoms with Gasteiger partial charge in [0.2, 0.25) is 5.82 Å². The van der Waals surface area contributed by atoms with Gasteiger partial charge in [0, 0.05) is 10.5 Å². The highest BCUT2D eigenvalue weighted by Crippen LogP contribution is 2.29. The molecular formula is C21H18N4O2S. The third kappa shape index (κ3) is 3.23. The second kappa shape index (κ2) is 7.26. The molecule has 0 radical (unpaired) electrons. The van der Waals surface area contributed by atoms with Gasteiger partial charge in [0.1, 0.15) is 6.10 Å². The predicted octanol–water partition coefficient (Wildman–Crippen LogP) is 4.59. The number of thioether (sulfide) groups is 1. The summed E-state index contributed by atoms with van der Waals surface area (Å²) in [5.74, 6) is 0.981. The number of hydrogen-bond donors (Lipinski definition) is 0. The fourth-order valence-electron chi connectivity index (χ4n) is 3.28. The van der Waals surface area contributed by atoms with E-state index in [1.165, 1.54) is 4.90 Å². The van der Waals surface area contributed by atoms with Crippen LogP contribution in [0.25, 0.3) is 23.0 Å². The van der Waals surface area contributed by atoms with Gasteiger partial charge in [-0.15, -0.1) is 11.8 Å². The molecule has 1 aliphatic rings. The first-order valence-electron chi connectivity index (χ1n) is 9.02. The van der Waals surface area contributed by atoms with Crippen LogP contribution in [0.5, 0.6) is 0 Å². The van der Waals surface area contributed by atoms with Crippen molar-refractivity contribution in [2.45, 2.75) is 24.2 Å². The van der Waals surface area contributed by atoms with E-state index in [0.717, 1.165) is 16.8 Å². The van der Waals surface area contributed by atoms with E-state index >= 15 is 0 Å². The molecule has 4 aromatic rings. The van der Waals surface area contributed by atoms with Crippen LogP contribution in [0.3, 0.4) is 0 Å². The number of benzene rings is 2. The van der Waals surface area contributed by atoms with Crippen molar-refractivity contribution in [3.05, 3.63) is 71.9 Å². The van der Waals surface area contributed by atoms with Crippen LogP contribution in [-0.4, -0.2) is 26.2 Å². The molecule has 7 heteroatoms. The highest BCUT2D eigenvalue weighted by atomic mass is 32.2. The maximum absolute atomic E-state index is 6.01. The molecule has 2 aromatic carbocycles. The Morgan fingerprint density at radius 2 is 1.89 bits per heavy atom. The molecule has 28 heavy (non-hydrogen) atoms. The average Bonchev–Trinajstić information content (AvgIpc) is 3.41. The Balaban J connectivity index is 1.39. The van der Waals surface area contributed by atoms with Crippen LogP contribution in [0, 0.1) is 0 Å². The Labute approximate surface area is 166 Å². The topological polar surface area (TPSA) is 66.0 Å². The monoisotopic (exact) mass is 390 g/mol. The Morgan fingerprint density at radius 3 is 2.68 bits per heavy atom. The van der Waals surface area contributed by atoms with Gasteiger partial charge in [-0.2, -0.15) is 10.1 Å². The Bertz CT molecular complexity index is 1090. The van der Waals surface area contributed by atoms with Crippen LogP contribution in [0.15, 0.2) is 70.1 Å². The quantitative estimate of drug-likeness (QED) is 0.475. The molecule has 5 rings (SSSR count). The fourth-order valence-corrected chi connectivity index (χ4v) is 3.69. The summed E-state index contributed by atoms with van der Waals surface area (Å²) in [6, 6.07) is 20.2.